The van der Waals surface area contributed by atoms with Crippen molar-refractivity contribution in [3.05, 3.63) is 0 Å². The SMILES string of the molecule is CCC(C)OC(=O)[C@@](C)(CC)NC(=O)C(F)(F)F. The Bertz CT molecular complexity index is 317. The van der Waals surface area contributed by atoms with Crippen LogP contribution in [0.15, 0.2) is 0 Å². The number of carbonyl (C=O) groups excluding carboxylic acids is 2. The molecule has 0 saturated carbocycles. The van der Waals surface area contributed by atoms with Crippen LogP contribution in [0.2, 0.25) is 0 Å². The molecule has 0 heterocycles. The average molecular weight is 269 g/mol. The van der Waals surface area contributed by atoms with Gasteiger partial charge in [0.2, 0.25) is 0 Å². The van der Waals surface area contributed by atoms with Gasteiger partial charge < -0.3 is 10.1 Å². The van der Waals surface area contributed by atoms with Crippen molar-refractivity contribution in [2.75, 3.05) is 0 Å². The van der Waals surface area contributed by atoms with Crippen LogP contribution in [0.1, 0.15) is 40.5 Å². The fraction of sp³-hybridized carbons (Fsp3) is 0.818. The summed E-state index contributed by atoms with van der Waals surface area (Å²) in [5, 5.41) is 1.67. The van der Waals surface area contributed by atoms with Crippen molar-refractivity contribution < 1.29 is 27.5 Å². The van der Waals surface area contributed by atoms with Gasteiger partial charge in [0.25, 0.3) is 0 Å². The lowest BCUT2D eigenvalue weighted by atomic mass is 9.99. The van der Waals surface area contributed by atoms with Gasteiger partial charge in [0.15, 0.2) is 0 Å². The number of rotatable bonds is 5. The van der Waals surface area contributed by atoms with Crippen molar-refractivity contribution in [1.29, 1.82) is 0 Å². The maximum atomic E-state index is 12.1. The fourth-order valence-corrected chi connectivity index (χ4v) is 1.00. The first-order valence-electron chi connectivity index (χ1n) is 5.67. The second-order valence-corrected chi connectivity index (χ2v) is 4.26. The summed E-state index contributed by atoms with van der Waals surface area (Å²) in [4.78, 5) is 22.6. The van der Waals surface area contributed by atoms with Gasteiger partial charge in [-0.2, -0.15) is 13.2 Å². The zero-order valence-corrected chi connectivity index (χ0v) is 10.9. The third-order valence-electron chi connectivity index (χ3n) is 2.69. The van der Waals surface area contributed by atoms with Crippen LogP contribution in [-0.4, -0.2) is 29.7 Å². The van der Waals surface area contributed by atoms with Gasteiger partial charge >= 0.3 is 18.1 Å². The number of carbonyl (C=O) groups is 2. The summed E-state index contributed by atoms with van der Waals surface area (Å²) in [7, 11) is 0. The molecule has 0 spiro atoms. The van der Waals surface area contributed by atoms with Gasteiger partial charge in [0, 0.05) is 0 Å². The topological polar surface area (TPSA) is 55.4 Å². The van der Waals surface area contributed by atoms with E-state index >= 15 is 0 Å². The van der Waals surface area contributed by atoms with Gasteiger partial charge in [0.05, 0.1) is 6.10 Å². The average Bonchev–Trinajstić information content (AvgIpc) is 2.27. The van der Waals surface area contributed by atoms with E-state index in [1.54, 1.807) is 19.2 Å². The van der Waals surface area contributed by atoms with Gasteiger partial charge in [-0.05, 0) is 26.7 Å². The van der Waals surface area contributed by atoms with Crippen molar-refractivity contribution in [2.45, 2.75) is 58.4 Å². The van der Waals surface area contributed by atoms with Crippen LogP contribution in [0.25, 0.3) is 0 Å². The predicted molar refractivity (Wildman–Crippen MR) is 58.7 cm³/mol. The molecular formula is C11H18F3NO3. The van der Waals surface area contributed by atoms with Gasteiger partial charge in [-0.25, -0.2) is 4.79 Å². The summed E-state index contributed by atoms with van der Waals surface area (Å²) in [6, 6.07) is 0. The molecule has 18 heavy (non-hydrogen) atoms. The highest BCUT2D eigenvalue weighted by atomic mass is 19.4. The van der Waals surface area contributed by atoms with Crippen molar-refractivity contribution >= 4 is 11.9 Å². The summed E-state index contributed by atoms with van der Waals surface area (Å²) in [5.41, 5.74) is -1.67. The van der Waals surface area contributed by atoms with E-state index in [-0.39, 0.29) is 6.42 Å². The number of hydrogen-bond acceptors (Lipinski definition) is 3. The van der Waals surface area contributed by atoms with Crippen molar-refractivity contribution in [3.63, 3.8) is 0 Å². The van der Waals surface area contributed by atoms with E-state index < -0.39 is 29.7 Å². The van der Waals surface area contributed by atoms with Crippen molar-refractivity contribution in [1.82, 2.24) is 5.32 Å². The third-order valence-corrected chi connectivity index (χ3v) is 2.69. The molecule has 0 saturated heterocycles. The first kappa shape index (κ1) is 16.7. The molecule has 0 aromatic carbocycles. The molecule has 0 aromatic heterocycles. The Balaban J connectivity index is 4.81. The zero-order chi connectivity index (χ0) is 14.6. The predicted octanol–water partition coefficient (Wildman–Crippen LogP) is 2.18. The molecule has 0 aromatic rings. The van der Waals surface area contributed by atoms with Crippen LogP contribution in [0.4, 0.5) is 13.2 Å². The molecule has 0 aliphatic carbocycles. The Morgan fingerprint density at radius 3 is 2.11 bits per heavy atom. The molecule has 0 aliphatic rings. The van der Waals surface area contributed by atoms with Crippen LogP contribution < -0.4 is 5.32 Å². The van der Waals surface area contributed by atoms with E-state index in [2.05, 4.69) is 0 Å². The molecule has 2 atom stereocenters. The quantitative estimate of drug-likeness (QED) is 0.778. The van der Waals surface area contributed by atoms with E-state index in [1.807, 2.05) is 0 Å². The molecule has 0 rings (SSSR count). The van der Waals surface area contributed by atoms with Crippen LogP contribution in [0, 0.1) is 0 Å². The van der Waals surface area contributed by atoms with Crippen LogP contribution in [0.3, 0.4) is 0 Å². The number of halogens is 3. The molecule has 0 bridgehead atoms. The Kier molecular flexibility index (Phi) is 5.63. The van der Waals surface area contributed by atoms with Gasteiger partial charge in [-0.15, -0.1) is 0 Å². The lowest BCUT2D eigenvalue weighted by Gasteiger charge is -2.29. The first-order chi connectivity index (χ1) is 8.06. The fourth-order valence-electron chi connectivity index (χ4n) is 1.00. The minimum atomic E-state index is -5.02. The Morgan fingerprint density at radius 1 is 1.28 bits per heavy atom. The highest BCUT2D eigenvalue weighted by Gasteiger charge is 2.45. The number of esters is 1. The number of ether oxygens (including phenoxy) is 1. The van der Waals surface area contributed by atoms with E-state index in [0.29, 0.717) is 6.42 Å². The zero-order valence-electron chi connectivity index (χ0n) is 10.9. The Hall–Kier alpha value is -1.27. The third kappa shape index (κ3) is 4.54. The summed E-state index contributed by atoms with van der Waals surface area (Å²) in [6.07, 6.45) is -4.89. The molecule has 0 radical (unpaired) electrons. The van der Waals surface area contributed by atoms with Crippen LogP contribution in [-0.2, 0) is 14.3 Å². The minimum absolute atomic E-state index is 0.00406. The van der Waals surface area contributed by atoms with Gasteiger partial charge in [-0.3, -0.25) is 4.79 Å². The molecule has 1 unspecified atom stereocenters. The molecule has 106 valence electrons. The molecule has 1 N–H and O–H groups in total. The Labute approximate surface area is 104 Å². The highest BCUT2D eigenvalue weighted by Crippen LogP contribution is 2.19. The first-order valence-corrected chi connectivity index (χ1v) is 5.67. The van der Waals surface area contributed by atoms with Crippen molar-refractivity contribution in [2.24, 2.45) is 0 Å². The molecule has 7 heteroatoms. The lowest BCUT2D eigenvalue weighted by molar-refractivity contribution is -0.179. The monoisotopic (exact) mass is 269 g/mol. The number of alkyl halides is 3. The molecular weight excluding hydrogens is 251 g/mol. The summed E-state index contributed by atoms with van der Waals surface area (Å²) < 4.78 is 41.4. The molecule has 0 fully saturated rings. The maximum Gasteiger partial charge on any atom is 0.471 e. The van der Waals surface area contributed by atoms with E-state index in [9.17, 15) is 22.8 Å². The summed E-state index contributed by atoms with van der Waals surface area (Å²) >= 11 is 0. The second kappa shape index (κ2) is 6.06. The maximum absolute atomic E-state index is 12.1. The minimum Gasteiger partial charge on any atom is -0.461 e. The molecule has 4 nitrogen and oxygen atoms in total. The van der Waals surface area contributed by atoms with Gasteiger partial charge in [0.1, 0.15) is 5.54 Å². The van der Waals surface area contributed by atoms with E-state index in [4.69, 9.17) is 4.74 Å². The smallest absolute Gasteiger partial charge is 0.461 e. The van der Waals surface area contributed by atoms with Gasteiger partial charge in [-0.1, -0.05) is 13.8 Å². The second-order valence-electron chi connectivity index (χ2n) is 4.26. The van der Waals surface area contributed by atoms with Crippen LogP contribution in [0.5, 0.6) is 0 Å². The van der Waals surface area contributed by atoms with E-state index in [1.165, 1.54) is 13.8 Å². The number of nitrogens with one attached hydrogen (secondary N) is 1. The van der Waals surface area contributed by atoms with E-state index in [0.717, 1.165) is 0 Å². The normalized spacial score (nSPS) is 16.6. The lowest BCUT2D eigenvalue weighted by Crippen LogP contribution is -2.56. The Morgan fingerprint density at radius 2 is 1.78 bits per heavy atom. The molecule has 1 amide bonds. The summed E-state index contributed by atoms with van der Waals surface area (Å²) in [5.74, 6) is -3.01. The van der Waals surface area contributed by atoms with Crippen molar-refractivity contribution in [3.8, 4) is 0 Å². The summed E-state index contributed by atoms with van der Waals surface area (Å²) in [6.45, 7) is 6.10. The highest BCUT2D eigenvalue weighted by molar-refractivity contribution is 5.90. The standard InChI is InChI=1S/C11H18F3NO3/c1-5-7(3)18-9(17)10(4,6-2)15-8(16)11(12,13)14/h7H,5-6H2,1-4H3,(H,15,16)/t7?,10-/m1/s1. The number of amides is 1. The molecule has 0 aliphatic heterocycles. The largest absolute Gasteiger partial charge is 0.471 e. The number of hydrogen-bond donors (Lipinski definition) is 1. The van der Waals surface area contributed by atoms with Crippen LogP contribution >= 0.6 is 0 Å².